The van der Waals surface area contributed by atoms with Gasteiger partial charge in [-0.2, -0.15) is 0 Å². The molecule has 0 saturated carbocycles. The van der Waals surface area contributed by atoms with Crippen molar-refractivity contribution in [1.29, 1.82) is 0 Å². The van der Waals surface area contributed by atoms with Crippen LogP contribution >= 0.6 is 15.9 Å². The Morgan fingerprint density at radius 2 is 1.91 bits per heavy atom. The Morgan fingerprint density at radius 1 is 1.16 bits per heavy atom. The van der Waals surface area contributed by atoms with Crippen LogP contribution in [0, 0.1) is 0 Å². The molecule has 0 bridgehead atoms. The first-order valence-corrected chi connectivity index (χ1v) is 10.4. The maximum Gasteiger partial charge on any atom is 0.295 e. The Hall–Kier alpha value is -3.72. The number of hydrogen-bond acceptors (Lipinski definition) is 7. The van der Waals surface area contributed by atoms with Gasteiger partial charge >= 0.3 is 0 Å². The number of ether oxygens (including phenoxy) is 1. The molecule has 1 aliphatic rings. The first kappa shape index (κ1) is 21.5. The monoisotopic (exact) mass is 495 g/mol. The van der Waals surface area contributed by atoms with Crippen LogP contribution in [-0.4, -0.2) is 43.9 Å². The molecule has 162 valence electrons. The Kier molecular flexibility index (Phi) is 5.91. The van der Waals surface area contributed by atoms with Crippen LogP contribution in [0.25, 0.3) is 5.76 Å². The van der Waals surface area contributed by atoms with E-state index in [2.05, 4.69) is 25.9 Å². The van der Waals surface area contributed by atoms with Crippen LogP contribution in [0.3, 0.4) is 0 Å². The lowest BCUT2D eigenvalue weighted by Crippen LogP contribution is -2.29. The molecular formula is C23H18BrN3O5. The van der Waals surface area contributed by atoms with Gasteiger partial charge < -0.3 is 19.8 Å². The smallest absolute Gasteiger partial charge is 0.295 e. The van der Waals surface area contributed by atoms with Crippen LogP contribution in [-0.2, 0) is 16.1 Å². The molecule has 1 unspecified atom stereocenters. The average molecular weight is 496 g/mol. The van der Waals surface area contributed by atoms with E-state index < -0.39 is 17.7 Å². The molecule has 9 heteroatoms. The SMILES string of the molecule is COc1cc(C2C(=C(O)c3ccncc3)C(=O)C(=O)N2Cc2cccnc2)cc(Br)c1O. The molecule has 1 fully saturated rings. The van der Waals surface area contributed by atoms with Gasteiger partial charge in [-0.05, 0) is 57.4 Å². The molecule has 32 heavy (non-hydrogen) atoms. The van der Waals surface area contributed by atoms with Gasteiger partial charge in [0, 0.05) is 36.9 Å². The number of likely N-dealkylation sites (tertiary alicyclic amines) is 1. The number of carbonyl (C=O) groups is 2. The summed E-state index contributed by atoms with van der Waals surface area (Å²) in [6.45, 7) is 0.0943. The molecule has 1 aromatic carbocycles. The summed E-state index contributed by atoms with van der Waals surface area (Å²) in [4.78, 5) is 35.5. The zero-order chi connectivity index (χ0) is 22.8. The molecule has 8 nitrogen and oxygen atoms in total. The van der Waals surface area contributed by atoms with Gasteiger partial charge in [0.05, 0.1) is 23.2 Å². The van der Waals surface area contributed by atoms with E-state index in [9.17, 15) is 19.8 Å². The molecule has 1 saturated heterocycles. The molecule has 3 aromatic rings. The van der Waals surface area contributed by atoms with Crippen molar-refractivity contribution in [2.24, 2.45) is 0 Å². The van der Waals surface area contributed by atoms with Crippen molar-refractivity contribution in [3.8, 4) is 11.5 Å². The number of rotatable bonds is 5. The number of aliphatic hydroxyl groups excluding tert-OH is 1. The minimum absolute atomic E-state index is 0.0651. The first-order chi connectivity index (χ1) is 15.4. The number of halogens is 1. The van der Waals surface area contributed by atoms with Gasteiger partial charge in [0.2, 0.25) is 0 Å². The van der Waals surface area contributed by atoms with Gasteiger partial charge in [-0.3, -0.25) is 19.6 Å². The minimum Gasteiger partial charge on any atom is -0.507 e. The highest BCUT2D eigenvalue weighted by Crippen LogP contribution is 2.44. The fourth-order valence-electron chi connectivity index (χ4n) is 3.65. The molecular weight excluding hydrogens is 478 g/mol. The maximum absolute atomic E-state index is 13.1. The lowest BCUT2D eigenvalue weighted by atomic mass is 9.95. The lowest BCUT2D eigenvalue weighted by molar-refractivity contribution is -0.140. The van der Waals surface area contributed by atoms with E-state index in [1.54, 1.807) is 42.7 Å². The minimum atomic E-state index is -0.922. The Morgan fingerprint density at radius 3 is 2.56 bits per heavy atom. The van der Waals surface area contributed by atoms with Crippen molar-refractivity contribution in [3.05, 3.63) is 87.9 Å². The number of benzene rings is 1. The third-order valence-corrected chi connectivity index (χ3v) is 5.76. The molecule has 0 radical (unpaired) electrons. The molecule has 1 atom stereocenters. The van der Waals surface area contributed by atoms with Gasteiger partial charge in [-0.25, -0.2) is 0 Å². The lowest BCUT2D eigenvalue weighted by Gasteiger charge is -2.26. The predicted molar refractivity (Wildman–Crippen MR) is 119 cm³/mol. The number of nitrogens with zero attached hydrogens (tertiary/aromatic N) is 3. The number of methoxy groups -OCH3 is 1. The van der Waals surface area contributed by atoms with Crippen LogP contribution in [0.1, 0.15) is 22.7 Å². The van der Waals surface area contributed by atoms with E-state index in [0.717, 1.165) is 0 Å². The van der Waals surface area contributed by atoms with Crippen molar-refractivity contribution in [2.45, 2.75) is 12.6 Å². The second kappa shape index (κ2) is 8.80. The summed E-state index contributed by atoms with van der Waals surface area (Å²) in [7, 11) is 1.40. The largest absolute Gasteiger partial charge is 0.507 e. The molecule has 3 heterocycles. The average Bonchev–Trinajstić information content (AvgIpc) is 3.06. The number of amides is 1. The van der Waals surface area contributed by atoms with Crippen molar-refractivity contribution >= 4 is 33.4 Å². The van der Waals surface area contributed by atoms with E-state index in [-0.39, 0.29) is 29.4 Å². The number of carbonyl (C=O) groups excluding carboxylic acids is 2. The normalized spacial score (nSPS) is 17.6. The molecule has 2 aromatic heterocycles. The highest BCUT2D eigenvalue weighted by atomic mass is 79.9. The summed E-state index contributed by atoms with van der Waals surface area (Å²) in [6.07, 6.45) is 6.18. The van der Waals surface area contributed by atoms with Crippen LogP contribution in [0.5, 0.6) is 11.5 Å². The summed E-state index contributed by atoms with van der Waals surface area (Å²) in [5.74, 6) is -1.83. The van der Waals surface area contributed by atoms with Gasteiger partial charge in [0.1, 0.15) is 5.76 Å². The Balaban J connectivity index is 1.92. The van der Waals surface area contributed by atoms with E-state index >= 15 is 0 Å². The van der Waals surface area contributed by atoms with Crippen molar-refractivity contribution < 1.29 is 24.5 Å². The number of Topliss-reactive ketones (excluding diaryl/α,β-unsaturated/α-hetero) is 1. The van der Waals surface area contributed by atoms with Crippen molar-refractivity contribution in [3.63, 3.8) is 0 Å². The molecule has 2 N–H and O–H groups in total. The number of aromatic nitrogens is 2. The Bertz CT molecular complexity index is 1220. The summed E-state index contributed by atoms with van der Waals surface area (Å²) in [5.41, 5.74) is 1.48. The number of aromatic hydroxyl groups is 1. The first-order valence-electron chi connectivity index (χ1n) is 9.56. The fourth-order valence-corrected chi connectivity index (χ4v) is 4.11. The summed E-state index contributed by atoms with van der Waals surface area (Å²) < 4.78 is 5.57. The molecule has 4 rings (SSSR count). The number of phenols is 1. The van der Waals surface area contributed by atoms with Gasteiger partial charge in [-0.1, -0.05) is 6.07 Å². The van der Waals surface area contributed by atoms with E-state index in [4.69, 9.17) is 4.74 Å². The van der Waals surface area contributed by atoms with E-state index in [1.165, 1.54) is 30.5 Å². The van der Waals surface area contributed by atoms with E-state index in [1.807, 2.05) is 0 Å². The zero-order valence-corrected chi connectivity index (χ0v) is 18.5. The molecule has 1 aliphatic heterocycles. The highest BCUT2D eigenvalue weighted by Gasteiger charge is 2.46. The van der Waals surface area contributed by atoms with Crippen LogP contribution < -0.4 is 4.74 Å². The molecule has 1 amide bonds. The van der Waals surface area contributed by atoms with Crippen LogP contribution in [0.2, 0.25) is 0 Å². The topological polar surface area (TPSA) is 113 Å². The molecule has 0 aliphatic carbocycles. The summed E-state index contributed by atoms with van der Waals surface area (Å²) in [6, 6.07) is 8.83. The third-order valence-electron chi connectivity index (χ3n) is 5.16. The van der Waals surface area contributed by atoms with Gasteiger partial charge in [0.25, 0.3) is 11.7 Å². The number of phenolic OH excluding ortho intramolecular Hbond substituents is 1. The maximum atomic E-state index is 13.1. The van der Waals surface area contributed by atoms with Crippen LogP contribution in [0.4, 0.5) is 0 Å². The quantitative estimate of drug-likeness (QED) is 0.316. The standard InChI is InChI=1S/C23H18BrN3O5/c1-32-17-10-15(9-16(24)21(17)29)19-18(20(28)14-4-7-25-8-5-14)22(30)23(31)27(19)12-13-3-2-6-26-11-13/h2-11,19,28-29H,12H2,1H3. The van der Waals surface area contributed by atoms with E-state index in [0.29, 0.717) is 21.2 Å². The molecule has 0 spiro atoms. The van der Waals surface area contributed by atoms with Crippen LogP contribution in [0.15, 0.2) is 71.2 Å². The number of ketones is 1. The highest BCUT2D eigenvalue weighted by molar-refractivity contribution is 9.10. The van der Waals surface area contributed by atoms with Gasteiger partial charge in [0.15, 0.2) is 11.5 Å². The summed E-state index contributed by atoms with van der Waals surface area (Å²) in [5, 5.41) is 21.2. The summed E-state index contributed by atoms with van der Waals surface area (Å²) >= 11 is 3.29. The number of hydrogen-bond donors (Lipinski definition) is 2. The third kappa shape index (κ3) is 3.82. The fraction of sp³-hybridized carbons (Fsp3) is 0.130. The van der Waals surface area contributed by atoms with Crippen molar-refractivity contribution in [1.82, 2.24) is 14.9 Å². The van der Waals surface area contributed by atoms with Gasteiger partial charge in [-0.15, -0.1) is 0 Å². The zero-order valence-electron chi connectivity index (χ0n) is 16.9. The number of aliphatic hydroxyl groups is 1. The Labute approximate surface area is 191 Å². The number of pyridine rings is 2. The predicted octanol–water partition coefficient (Wildman–Crippen LogP) is 3.58. The second-order valence-electron chi connectivity index (χ2n) is 7.08. The van der Waals surface area contributed by atoms with Crippen molar-refractivity contribution in [2.75, 3.05) is 7.11 Å². The second-order valence-corrected chi connectivity index (χ2v) is 7.93.